The molecule has 5 rings (SSSR count). The molecule has 1 N–H and O–H groups in total. The monoisotopic (exact) mass is 412 g/mol. The molecule has 0 spiro atoms. The van der Waals surface area contributed by atoms with E-state index >= 15 is 0 Å². The summed E-state index contributed by atoms with van der Waals surface area (Å²) in [6.45, 7) is 7.74. The molecule has 2 aromatic carbocycles. The highest BCUT2D eigenvalue weighted by Crippen LogP contribution is 2.39. The van der Waals surface area contributed by atoms with Gasteiger partial charge in [-0.25, -0.2) is 9.97 Å². The van der Waals surface area contributed by atoms with Crippen LogP contribution in [0.5, 0.6) is 0 Å². The number of aryl methyl sites for hydroxylation is 2. The highest BCUT2D eigenvalue weighted by atomic mass is 16.3. The van der Waals surface area contributed by atoms with Crippen LogP contribution < -0.4 is 10.6 Å². The summed E-state index contributed by atoms with van der Waals surface area (Å²) < 4.78 is 0. The molecule has 31 heavy (non-hydrogen) atoms. The van der Waals surface area contributed by atoms with Gasteiger partial charge in [-0.15, -0.1) is 0 Å². The van der Waals surface area contributed by atoms with Gasteiger partial charge in [0.05, 0.1) is 11.4 Å². The lowest BCUT2D eigenvalue weighted by Gasteiger charge is -2.30. The van der Waals surface area contributed by atoms with Crippen LogP contribution in [-0.2, 0) is 5.60 Å². The first kappa shape index (κ1) is 19.9. The van der Waals surface area contributed by atoms with Crippen molar-refractivity contribution < 1.29 is 5.11 Å². The molecule has 1 fully saturated rings. The Kier molecular flexibility index (Phi) is 4.67. The summed E-state index contributed by atoms with van der Waals surface area (Å²) in [5, 5.41) is 12.3. The molecule has 158 valence electrons. The summed E-state index contributed by atoms with van der Waals surface area (Å²) in [5.74, 6) is 0.423. The number of hydrogen-bond donors (Lipinski definition) is 1. The number of aliphatic hydroxyl groups is 1. The fourth-order valence-corrected chi connectivity index (χ4v) is 4.62. The van der Waals surface area contributed by atoms with Crippen molar-refractivity contribution in [3.05, 3.63) is 81.9 Å². The Hall–Kier alpha value is -3.05. The van der Waals surface area contributed by atoms with Crippen LogP contribution in [0.15, 0.2) is 53.8 Å². The van der Waals surface area contributed by atoms with Crippen LogP contribution in [0.4, 0.5) is 0 Å². The second-order valence-electron chi connectivity index (χ2n) is 9.27. The van der Waals surface area contributed by atoms with E-state index in [1.54, 1.807) is 26.2 Å². The molecule has 3 aromatic rings. The largest absolute Gasteiger partial charge is 0.382 e. The molecule has 2 unspecified atom stereocenters. The summed E-state index contributed by atoms with van der Waals surface area (Å²) in [4.78, 5) is 16.2. The Bertz CT molecular complexity index is 1260. The van der Waals surface area contributed by atoms with Crippen molar-refractivity contribution >= 4 is 6.20 Å². The van der Waals surface area contributed by atoms with Gasteiger partial charge in [0.25, 0.3) is 0 Å². The number of fused-ring (bicyclic) bond motifs is 2. The summed E-state index contributed by atoms with van der Waals surface area (Å²) in [5.41, 5.74) is 4.98. The standard InChI is InChI=1S/C26H28N4O/c1-16-5-6-17(2)21(11-16)23-9-10-24-29-22-8-7-18(12-19(22)15-30(23)24)20-13-27-25(28-14-20)26(3,4)31/h5-8,11-15,23-24,31H,9-10H2,1-4H3. The van der Waals surface area contributed by atoms with Crippen LogP contribution >= 0.6 is 0 Å². The Morgan fingerprint density at radius 3 is 2.48 bits per heavy atom. The van der Waals surface area contributed by atoms with E-state index in [2.05, 4.69) is 71.3 Å². The van der Waals surface area contributed by atoms with Crippen molar-refractivity contribution in [1.82, 2.24) is 14.9 Å². The van der Waals surface area contributed by atoms with Gasteiger partial charge in [0.15, 0.2) is 5.82 Å². The molecule has 0 radical (unpaired) electrons. The highest BCUT2D eigenvalue weighted by molar-refractivity contribution is 5.61. The normalized spacial score (nSPS) is 20.0. The molecular weight excluding hydrogens is 384 g/mol. The minimum Gasteiger partial charge on any atom is -0.382 e. The second-order valence-corrected chi connectivity index (χ2v) is 9.27. The highest BCUT2D eigenvalue weighted by Gasteiger charge is 2.34. The third-order valence-corrected chi connectivity index (χ3v) is 6.33. The van der Waals surface area contributed by atoms with Crippen LogP contribution in [0.2, 0.25) is 0 Å². The summed E-state index contributed by atoms with van der Waals surface area (Å²) in [7, 11) is 0. The van der Waals surface area contributed by atoms with Crippen LogP contribution in [-0.4, -0.2) is 26.1 Å². The van der Waals surface area contributed by atoms with Gasteiger partial charge in [-0.3, -0.25) is 4.99 Å². The minimum absolute atomic E-state index is 0.206. The molecule has 1 saturated heterocycles. The lowest BCUT2D eigenvalue weighted by Crippen LogP contribution is -2.39. The number of benzene rings is 2. The van der Waals surface area contributed by atoms with Crippen molar-refractivity contribution in [1.29, 1.82) is 0 Å². The fraction of sp³-hybridized carbons (Fsp3) is 0.346. The molecular formula is C26H28N4O. The maximum atomic E-state index is 10.1. The average molecular weight is 413 g/mol. The van der Waals surface area contributed by atoms with Gasteiger partial charge in [-0.2, -0.15) is 0 Å². The summed E-state index contributed by atoms with van der Waals surface area (Å²) in [6, 6.07) is 13.4. The maximum absolute atomic E-state index is 10.1. The maximum Gasteiger partial charge on any atom is 0.159 e. The molecule has 2 aliphatic rings. The lowest BCUT2D eigenvalue weighted by molar-refractivity contribution is 0.0687. The molecule has 0 aliphatic carbocycles. The van der Waals surface area contributed by atoms with Crippen molar-refractivity contribution in [2.45, 2.75) is 58.3 Å². The molecule has 0 amide bonds. The number of nitrogens with zero attached hydrogens (tertiary/aromatic N) is 4. The van der Waals surface area contributed by atoms with Gasteiger partial charge in [0.1, 0.15) is 11.8 Å². The van der Waals surface area contributed by atoms with E-state index in [1.807, 2.05) is 0 Å². The first-order valence-corrected chi connectivity index (χ1v) is 10.9. The third kappa shape index (κ3) is 3.63. The third-order valence-electron chi connectivity index (χ3n) is 6.33. The zero-order valence-electron chi connectivity index (χ0n) is 18.5. The predicted molar refractivity (Wildman–Crippen MR) is 121 cm³/mol. The molecule has 5 heteroatoms. The lowest BCUT2D eigenvalue weighted by atomic mass is 9.97. The predicted octanol–water partition coefficient (Wildman–Crippen LogP) is 3.52. The smallest absolute Gasteiger partial charge is 0.159 e. The van der Waals surface area contributed by atoms with E-state index in [-0.39, 0.29) is 6.17 Å². The van der Waals surface area contributed by atoms with Crippen LogP contribution in [0, 0.1) is 13.8 Å². The quantitative estimate of drug-likeness (QED) is 0.715. The average Bonchev–Trinajstić information content (AvgIpc) is 3.15. The van der Waals surface area contributed by atoms with Crippen molar-refractivity contribution in [2.24, 2.45) is 4.99 Å². The number of rotatable bonds is 3. The van der Waals surface area contributed by atoms with Gasteiger partial charge in [0.2, 0.25) is 0 Å². The van der Waals surface area contributed by atoms with Gasteiger partial charge in [0, 0.05) is 29.4 Å². The summed E-state index contributed by atoms with van der Waals surface area (Å²) in [6.07, 6.45) is 8.23. The van der Waals surface area contributed by atoms with E-state index < -0.39 is 5.60 Å². The van der Waals surface area contributed by atoms with E-state index in [1.165, 1.54) is 16.7 Å². The van der Waals surface area contributed by atoms with Gasteiger partial charge >= 0.3 is 0 Å². The minimum atomic E-state index is -1.05. The molecule has 3 heterocycles. The van der Waals surface area contributed by atoms with Crippen molar-refractivity contribution in [3.8, 4) is 11.1 Å². The SMILES string of the molecule is Cc1ccc(C)c(C2CCC3N=c4ccc(-c5cnc(C(C)(C)O)nc5)cc4=CN32)c1. The Balaban J connectivity index is 1.52. The van der Waals surface area contributed by atoms with Gasteiger partial charge in [-0.05, 0) is 69.4 Å². The van der Waals surface area contributed by atoms with Crippen LogP contribution in [0.3, 0.4) is 0 Å². The second kappa shape index (κ2) is 7.27. The fourth-order valence-electron chi connectivity index (χ4n) is 4.62. The summed E-state index contributed by atoms with van der Waals surface area (Å²) >= 11 is 0. The number of aromatic nitrogens is 2. The van der Waals surface area contributed by atoms with Gasteiger partial charge < -0.3 is 10.0 Å². The first-order chi connectivity index (χ1) is 14.8. The Labute approximate surface area is 182 Å². The first-order valence-electron chi connectivity index (χ1n) is 10.9. The van der Waals surface area contributed by atoms with Crippen molar-refractivity contribution in [3.63, 3.8) is 0 Å². The van der Waals surface area contributed by atoms with Crippen molar-refractivity contribution in [2.75, 3.05) is 0 Å². The molecule has 0 saturated carbocycles. The van der Waals surface area contributed by atoms with Crippen LogP contribution in [0.25, 0.3) is 17.3 Å². The van der Waals surface area contributed by atoms with Gasteiger partial charge in [-0.1, -0.05) is 29.8 Å². The number of hydrogen-bond acceptors (Lipinski definition) is 5. The van der Waals surface area contributed by atoms with E-state index in [0.717, 1.165) is 34.5 Å². The molecule has 2 aliphatic heterocycles. The topological polar surface area (TPSA) is 61.6 Å². The zero-order chi connectivity index (χ0) is 21.8. The molecule has 0 bridgehead atoms. The van der Waals surface area contributed by atoms with Crippen LogP contribution in [0.1, 0.15) is 55.2 Å². The van der Waals surface area contributed by atoms with E-state index in [0.29, 0.717) is 11.9 Å². The molecule has 2 atom stereocenters. The van der Waals surface area contributed by atoms with E-state index in [9.17, 15) is 5.11 Å². The molecule has 5 nitrogen and oxygen atoms in total. The Morgan fingerprint density at radius 1 is 0.968 bits per heavy atom. The molecule has 1 aromatic heterocycles. The zero-order valence-corrected chi connectivity index (χ0v) is 18.5. The van der Waals surface area contributed by atoms with E-state index in [4.69, 9.17) is 4.99 Å². The Morgan fingerprint density at radius 2 is 1.74 bits per heavy atom.